The number of nitrogens with one attached hydrogen (secondary N) is 2. The van der Waals surface area contributed by atoms with E-state index in [9.17, 15) is 9.59 Å². The van der Waals surface area contributed by atoms with Gasteiger partial charge < -0.3 is 15.5 Å². The zero-order valence-corrected chi connectivity index (χ0v) is 19.4. The zero-order valence-electron chi connectivity index (χ0n) is 19.4. The lowest BCUT2D eigenvalue weighted by Crippen LogP contribution is -2.31. The molecule has 2 amide bonds. The topological polar surface area (TPSA) is 74.3 Å². The molecular weight excluding hydrogens is 412 g/mol. The van der Waals surface area contributed by atoms with E-state index in [2.05, 4.69) is 20.5 Å². The van der Waals surface area contributed by atoms with Crippen molar-refractivity contribution in [3.05, 3.63) is 71.5 Å². The zero-order chi connectivity index (χ0) is 23.2. The van der Waals surface area contributed by atoms with E-state index in [1.165, 1.54) is 19.3 Å². The van der Waals surface area contributed by atoms with Crippen molar-refractivity contribution < 1.29 is 9.59 Å². The molecule has 2 N–H and O–H groups in total. The number of fused-ring (bicyclic) bond motifs is 1. The van der Waals surface area contributed by atoms with Gasteiger partial charge in [0.1, 0.15) is 0 Å². The Bertz CT molecular complexity index is 1140. The van der Waals surface area contributed by atoms with Crippen LogP contribution in [0.1, 0.15) is 58.5 Å². The number of nitrogens with zero attached hydrogens (tertiary/aromatic N) is 2. The number of benzene rings is 2. The third kappa shape index (κ3) is 5.57. The van der Waals surface area contributed by atoms with E-state index >= 15 is 0 Å². The molecular formula is C27H32N4O2. The van der Waals surface area contributed by atoms with Gasteiger partial charge in [0.25, 0.3) is 11.8 Å². The van der Waals surface area contributed by atoms with Crippen LogP contribution in [0.3, 0.4) is 0 Å². The molecule has 0 unspecified atom stereocenters. The summed E-state index contributed by atoms with van der Waals surface area (Å²) in [7, 11) is 4.05. The van der Waals surface area contributed by atoms with Gasteiger partial charge in [-0.15, -0.1) is 0 Å². The summed E-state index contributed by atoms with van der Waals surface area (Å²) in [5.74, 6) is 0.0242. The van der Waals surface area contributed by atoms with E-state index < -0.39 is 0 Å². The molecule has 3 aromatic rings. The van der Waals surface area contributed by atoms with Crippen LogP contribution in [0.15, 0.2) is 54.7 Å². The maximum atomic E-state index is 13.3. The summed E-state index contributed by atoms with van der Waals surface area (Å²) >= 11 is 0. The van der Waals surface area contributed by atoms with Crippen LogP contribution in [-0.4, -0.2) is 42.3 Å². The van der Waals surface area contributed by atoms with Crippen LogP contribution in [0, 0.1) is 5.92 Å². The lowest BCUT2D eigenvalue weighted by atomic mass is 9.89. The number of amides is 2. The second-order valence-electron chi connectivity index (χ2n) is 9.12. The molecule has 1 aliphatic rings. The van der Waals surface area contributed by atoms with Crippen LogP contribution in [0.5, 0.6) is 0 Å². The molecule has 1 saturated carbocycles. The number of rotatable bonds is 7. The van der Waals surface area contributed by atoms with Gasteiger partial charge in [-0.3, -0.25) is 9.59 Å². The van der Waals surface area contributed by atoms with Gasteiger partial charge in [0.15, 0.2) is 5.69 Å². The Morgan fingerprint density at radius 2 is 1.70 bits per heavy atom. The van der Waals surface area contributed by atoms with Crippen LogP contribution in [0.4, 0.5) is 5.69 Å². The summed E-state index contributed by atoms with van der Waals surface area (Å²) < 4.78 is 0. The highest BCUT2D eigenvalue weighted by molar-refractivity contribution is 6.15. The van der Waals surface area contributed by atoms with Crippen LogP contribution < -0.4 is 10.6 Å². The van der Waals surface area contributed by atoms with Crippen molar-refractivity contribution in [3.63, 3.8) is 0 Å². The molecule has 0 bridgehead atoms. The van der Waals surface area contributed by atoms with Gasteiger partial charge in [0, 0.05) is 24.8 Å². The highest BCUT2D eigenvalue weighted by Crippen LogP contribution is 2.26. The van der Waals surface area contributed by atoms with E-state index in [1.807, 2.05) is 50.5 Å². The molecule has 0 spiro atoms. The third-order valence-electron chi connectivity index (χ3n) is 6.29. The molecule has 0 radical (unpaired) electrons. The van der Waals surface area contributed by atoms with E-state index in [4.69, 9.17) is 0 Å². The van der Waals surface area contributed by atoms with E-state index in [0.29, 0.717) is 23.7 Å². The van der Waals surface area contributed by atoms with Gasteiger partial charge >= 0.3 is 0 Å². The first-order valence-corrected chi connectivity index (χ1v) is 11.7. The fourth-order valence-corrected chi connectivity index (χ4v) is 4.63. The Morgan fingerprint density at radius 1 is 0.939 bits per heavy atom. The average molecular weight is 445 g/mol. The summed E-state index contributed by atoms with van der Waals surface area (Å²) in [5, 5.41) is 7.89. The SMILES string of the molecule is CN(C)Cc1ccc(C(=O)Nc2cccnc2C(=O)NCC2CCCCC2)c2ccccc12. The van der Waals surface area contributed by atoms with Gasteiger partial charge in [0.05, 0.1) is 5.69 Å². The molecule has 0 saturated heterocycles. The summed E-state index contributed by atoms with van der Waals surface area (Å²) in [4.78, 5) is 32.5. The molecule has 33 heavy (non-hydrogen) atoms. The summed E-state index contributed by atoms with van der Waals surface area (Å²) in [6, 6.07) is 15.2. The summed E-state index contributed by atoms with van der Waals surface area (Å²) in [5.41, 5.74) is 2.40. The minimum atomic E-state index is -0.253. The minimum absolute atomic E-state index is 0.246. The molecule has 0 atom stereocenters. The van der Waals surface area contributed by atoms with Crippen LogP contribution >= 0.6 is 0 Å². The molecule has 2 aromatic carbocycles. The normalized spacial score (nSPS) is 14.4. The number of carbonyl (C=O) groups is 2. The van der Waals surface area contributed by atoms with Crippen LogP contribution in [-0.2, 0) is 6.54 Å². The van der Waals surface area contributed by atoms with Crippen molar-refractivity contribution in [2.45, 2.75) is 38.6 Å². The molecule has 1 aliphatic carbocycles. The standard InChI is InChI=1S/C27H32N4O2/c1-31(2)18-20-14-15-23(22-12-7-6-11-21(20)22)26(32)30-24-13-8-16-28-25(24)27(33)29-17-19-9-4-3-5-10-19/h6-8,11-16,19H,3-5,9-10,17-18H2,1-2H3,(H,29,33)(H,30,32). The Kier molecular flexibility index (Phi) is 7.35. The quantitative estimate of drug-likeness (QED) is 0.546. The predicted molar refractivity (Wildman–Crippen MR) is 132 cm³/mol. The van der Waals surface area contributed by atoms with Crippen molar-refractivity contribution in [2.24, 2.45) is 5.92 Å². The Labute approximate surface area is 195 Å². The summed E-state index contributed by atoms with van der Waals surface area (Å²) in [6.07, 6.45) is 7.63. The number of hydrogen-bond donors (Lipinski definition) is 2. The highest BCUT2D eigenvalue weighted by Gasteiger charge is 2.19. The maximum Gasteiger partial charge on any atom is 0.272 e. The van der Waals surface area contributed by atoms with E-state index in [-0.39, 0.29) is 17.5 Å². The first kappa shape index (κ1) is 22.9. The second-order valence-corrected chi connectivity index (χ2v) is 9.12. The van der Waals surface area contributed by atoms with E-state index in [0.717, 1.165) is 35.7 Å². The molecule has 1 heterocycles. The maximum absolute atomic E-state index is 13.3. The Morgan fingerprint density at radius 3 is 2.45 bits per heavy atom. The number of pyridine rings is 1. The van der Waals surface area contributed by atoms with Gasteiger partial charge in [-0.05, 0) is 67.4 Å². The lowest BCUT2D eigenvalue weighted by Gasteiger charge is -2.21. The second kappa shape index (κ2) is 10.6. The van der Waals surface area contributed by atoms with Crippen LogP contribution in [0.25, 0.3) is 10.8 Å². The molecule has 6 nitrogen and oxygen atoms in total. The Hall–Kier alpha value is -3.25. The Balaban J connectivity index is 1.53. The van der Waals surface area contributed by atoms with Crippen molar-refractivity contribution in [1.82, 2.24) is 15.2 Å². The van der Waals surface area contributed by atoms with Crippen molar-refractivity contribution in [3.8, 4) is 0 Å². The first-order chi connectivity index (χ1) is 16.0. The molecule has 1 fully saturated rings. The van der Waals surface area contributed by atoms with Gasteiger partial charge in [-0.2, -0.15) is 0 Å². The predicted octanol–water partition coefficient (Wildman–Crippen LogP) is 4.86. The molecule has 6 heteroatoms. The number of aromatic nitrogens is 1. The van der Waals surface area contributed by atoms with Crippen molar-refractivity contribution in [2.75, 3.05) is 26.0 Å². The molecule has 4 rings (SSSR count). The molecule has 0 aliphatic heterocycles. The van der Waals surface area contributed by atoms with Crippen LogP contribution in [0.2, 0.25) is 0 Å². The molecule has 172 valence electrons. The minimum Gasteiger partial charge on any atom is -0.350 e. The van der Waals surface area contributed by atoms with Gasteiger partial charge in [0.2, 0.25) is 0 Å². The lowest BCUT2D eigenvalue weighted by molar-refractivity contribution is 0.0939. The van der Waals surface area contributed by atoms with E-state index in [1.54, 1.807) is 18.3 Å². The first-order valence-electron chi connectivity index (χ1n) is 11.7. The number of anilines is 1. The highest BCUT2D eigenvalue weighted by atomic mass is 16.2. The monoisotopic (exact) mass is 444 g/mol. The third-order valence-corrected chi connectivity index (χ3v) is 6.29. The summed E-state index contributed by atoms with van der Waals surface area (Å²) in [6.45, 7) is 1.44. The van der Waals surface area contributed by atoms with Crippen molar-refractivity contribution in [1.29, 1.82) is 0 Å². The van der Waals surface area contributed by atoms with Crippen molar-refractivity contribution >= 4 is 28.3 Å². The number of hydrogen-bond acceptors (Lipinski definition) is 4. The largest absolute Gasteiger partial charge is 0.350 e. The number of carbonyl (C=O) groups excluding carboxylic acids is 2. The average Bonchev–Trinajstić information content (AvgIpc) is 2.83. The smallest absolute Gasteiger partial charge is 0.272 e. The fraction of sp³-hybridized carbons (Fsp3) is 0.370. The van der Waals surface area contributed by atoms with Gasteiger partial charge in [-0.25, -0.2) is 4.98 Å². The van der Waals surface area contributed by atoms with Gasteiger partial charge in [-0.1, -0.05) is 49.6 Å². The molecule has 1 aromatic heterocycles. The fourth-order valence-electron chi connectivity index (χ4n) is 4.63.